The first kappa shape index (κ1) is 48.7. The first-order chi connectivity index (χ1) is 33.5. The zero-order valence-corrected chi connectivity index (χ0v) is 40.2. The van der Waals surface area contributed by atoms with Gasteiger partial charge in [-0.25, -0.2) is 4.98 Å². The number of piperazine rings is 1. The molecule has 3 fully saturated rings. The number of carbonyl (C=O) groups excluding carboxylic acids is 5. The molecule has 16 nitrogen and oxygen atoms in total. The van der Waals surface area contributed by atoms with Crippen LogP contribution in [0.3, 0.4) is 0 Å². The van der Waals surface area contributed by atoms with E-state index in [4.69, 9.17) is 9.72 Å². The molecule has 2 aromatic carbocycles. The summed E-state index contributed by atoms with van der Waals surface area (Å²) in [6, 6.07) is 12.7. The number of methoxy groups -OCH3 is 1. The van der Waals surface area contributed by atoms with Gasteiger partial charge in [0, 0.05) is 105 Å². The maximum absolute atomic E-state index is 13.4. The second kappa shape index (κ2) is 22.6. The van der Waals surface area contributed by atoms with Crippen LogP contribution in [0.15, 0.2) is 53.5 Å². The van der Waals surface area contributed by atoms with Gasteiger partial charge in [0.1, 0.15) is 17.4 Å². The van der Waals surface area contributed by atoms with Crippen LogP contribution in [-0.4, -0.2) is 99.2 Å². The van der Waals surface area contributed by atoms with Crippen LogP contribution in [0.2, 0.25) is 0 Å². The number of fused-ring (bicyclic) bond motifs is 2. The number of nitrogens with zero attached hydrogens (tertiary/aromatic N) is 6. The van der Waals surface area contributed by atoms with Gasteiger partial charge in [-0.3, -0.25) is 38.7 Å². The molecule has 2 saturated heterocycles. The number of imide groups is 1. The van der Waals surface area contributed by atoms with E-state index in [2.05, 4.69) is 37.7 Å². The Bertz CT molecular complexity index is 2690. The predicted octanol–water partition coefficient (Wildman–Crippen LogP) is 6.83. The molecule has 1 aliphatic carbocycles. The number of nitrogens with one attached hydrogen (secondary N) is 3. The molecule has 69 heavy (non-hydrogen) atoms. The average Bonchev–Trinajstić information content (AvgIpc) is 3.69. The summed E-state index contributed by atoms with van der Waals surface area (Å²) in [6.07, 6.45) is 14.5. The molecule has 0 radical (unpaired) electrons. The van der Waals surface area contributed by atoms with Gasteiger partial charge in [-0.05, 0) is 81.2 Å². The standard InChI is InChI=1S/C53H65N9O7/c1-4-45(63)55-38-19-21-39(22-20-38)62-48(66)31-35(2)41-33-54-53(58-50(41)62)56-42-24-23-40(32-44(42)69-3)59-27-29-60(30-28-59)47(65)18-13-11-9-7-5-6-8-10-12-15-36-16-14-17-37-34-61(52(68)49(36)37)43-25-26-46(64)57-51(43)67/h14,16-17,23-24,31-33,38-39,43H,4-11,13,18-22,25-30,34H2,1-3H3,(H,55,63)(H,54,56,58)(H,57,64,67). The van der Waals surface area contributed by atoms with Crippen LogP contribution in [0.25, 0.3) is 11.0 Å². The minimum absolute atomic E-state index is 0.0277. The Balaban J connectivity index is 0.736. The molecule has 2 aromatic heterocycles. The molecule has 3 N–H and O–H groups in total. The summed E-state index contributed by atoms with van der Waals surface area (Å²) in [7, 11) is 1.63. The number of hydrogen-bond donors (Lipinski definition) is 3. The van der Waals surface area contributed by atoms with E-state index in [0.717, 1.165) is 112 Å². The summed E-state index contributed by atoms with van der Waals surface area (Å²) < 4.78 is 7.63. The zero-order valence-electron chi connectivity index (χ0n) is 40.2. The molecule has 5 heterocycles. The maximum atomic E-state index is 13.4. The van der Waals surface area contributed by atoms with Crippen molar-refractivity contribution in [2.24, 2.45) is 0 Å². The number of unbranched alkanes of at least 4 members (excludes halogenated alkanes) is 7. The number of hydrogen-bond acceptors (Lipinski definition) is 11. The molecule has 16 heteroatoms. The molecule has 4 aromatic rings. The summed E-state index contributed by atoms with van der Waals surface area (Å²) in [5, 5.41) is 9.61. The van der Waals surface area contributed by atoms with Crippen molar-refractivity contribution >= 4 is 57.9 Å². The number of aromatic nitrogens is 3. The number of aryl methyl sites for hydroxylation is 1. The van der Waals surface area contributed by atoms with E-state index >= 15 is 0 Å². The lowest BCUT2D eigenvalue weighted by molar-refractivity contribution is -0.137. The number of carbonyl (C=O) groups is 5. The molecule has 1 atom stereocenters. The summed E-state index contributed by atoms with van der Waals surface area (Å²) in [6.45, 7) is 6.87. The monoisotopic (exact) mass is 940 g/mol. The molecule has 4 aliphatic rings. The second-order valence-electron chi connectivity index (χ2n) is 18.8. The molecule has 3 aliphatic heterocycles. The van der Waals surface area contributed by atoms with Gasteiger partial charge in [0.15, 0.2) is 0 Å². The first-order valence-electron chi connectivity index (χ1n) is 24.9. The third-order valence-electron chi connectivity index (χ3n) is 14.1. The van der Waals surface area contributed by atoms with Gasteiger partial charge in [0.2, 0.25) is 29.6 Å². The van der Waals surface area contributed by atoms with Crippen molar-refractivity contribution in [1.82, 2.24) is 35.0 Å². The lowest BCUT2D eigenvalue weighted by Gasteiger charge is -2.36. The minimum atomic E-state index is -0.637. The Morgan fingerprint density at radius 2 is 1.65 bits per heavy atom. The van der Waals surface area contributed by atoms with Crippen molar-refractivity contribution in [3.05, 3.63) is 81.3 Å². The van der Waals surface area contributed by atoms with Crippen LogP contribution in [0.5, 0.6) is 5.75 Å². The van der Waals surface area contributed by atoms with Crippen LogP contribution in [0.4, 0.5) is 17.3 Å². The fraction of sp³-hybridized carbons (Fsp3) is 0.509. The van der Waals surface area contributed by atoms with Crippen molar-refractivity contribution in [1.29, 1.82) is 0 Å². The van der Waals surface area contributed by atoms with Crippen molar-refractivity contribution in [2.75, 3.05) is 43.5 Å². The SMILES string of the molecule is CCC(=O)NC1CCC(n2c(=O)cc(C)c3cnc(Nc4ccc(N5CCN(C(=O)CCCCCCCCCC#Cc6cccc7c6C(=O)N(C6CCC(=O)NC6=O)C7)CC5)cc4OC)nc32)CC1. The third kappa shape index (κ3) is 11.6. The smallest absolute Gasteiger partial charge is 0.256 e. The van der Waals surface area contributed by atoms with Gasteiger partial charge >= 0.3 is 0 Å². The molecule has 0 bridgehead atoms. The molecular weight excluding hydrogens is 875 g/mol. The highest BCUT2D eigenvalue weighted by molar-refractivity contribution is 6.06. The number of anilines is 3. The number of amides is 5. The molecule has 1 saturated carbocycles. The van der Waals surface area contributed by atoms with E-state index in [1.165, 1.54) is 0 Å². The Kier molecular flexibility index (Phi) is 15.9. The van der Waals surface area contributed by atoms with Gasteiger partial charge in [0.05, 0.1) is 18.4 Å². The van der Waals surface area contributed by atoms with E-state index in [-0.39, 0.29) is 47.7 Å². The van der Waals surface area contributed by atoms with E-state index in [9.17, 15) is 28.8 Å². The fourth-order valence-electron chi connectivity index (χ4n) is 10.2. The number of ether oxygens (including phenoxy) is 1. The van der Waals surface area contributed by atoms with E-state index in [1.54, 1.807) is 28.8 Å². The lowest BCUT2D eigenvalue weighted by atomic mass is 9.90. The molecule has 1 unspecified atom stereocenters. The highest BCUT2D eigenvalue weighted by Gasteiger charge is 2.40. The number of piperidine rings is 1. The number of rotatable bonds is 17. The maximum Gasteiger partial charge on any atom is 0.256 e. The molecule has 364 valence electrons. The van der Waals surface area contributed by atoms with Gasteiger partial charge in [-0.2, -0.15) is 4.98 Å². The molecule has 5 amide bonds. The van der Waals surface area contributed by atoms with Crippen LogP contribution in [0.1, 0.15) is 143 Å². The van der Waals surface area contributed by atoms with Crippen molar-refractivity contribution < 1.29 is 28.7 Å². The number of benzene rings is 2. The second-order valence-corrected chi connectivity index (χ2v) is 18.8. The lowest BCUT2D eigenvalue weighted by Crippen LogP contribution is -2.52. The Morgan fingerprint density at radius 3 is 2.39 bits per heavy atom. The van der Waals surface area contributed by atoms with Crippen molar-refractivity contribution in [2.45, 2.75) is 141 Å². The summed E-state index contributed by atoms with van der Waals surface area (Å²) in [4.78, 5) is 91.2. The Hall–Kier alpha value is -6.76. The van der Waals surface area contributed by atoms with Gasteiger partial charge < -0.3 is 30.1 Å². The van der Waals surface area contributed by atoms with Crippen LogP contribution in [-0.2, 0) is 25.7 Å². The van der Waals surface area contributed by atoms with E-state index < -0.39 is 11.9 Å². The van der Waals surface area contributed by atoms with Gasteiger partial charge in [0.25, 0.3) is 11.5 Å². The van der Waals surface area contributed by atoms with Gasteiger partial charge in [-0.15, -0.1) is 0 Å². The largest absolute Gasteiger partial charge is 0.494 e. The highest BCUT2D eigenvalue weighted by Crippen LogP contribution is 2.34. The van der Waals surface area contributed by atoms with Gasteiger partial charge in [-0.1, -0.05) is 63.0 Å². The normalized spacial score (nSPS) is 19.2. The van der Waals surface area contributed by atoms with E-state index in [1.807, 2.05) is 55.1 Å². The number of pyridine rings is 1. The van der Waals surface area contributed by atoms with Crippen LogP contribution in [0, 0.1) is 18.8 Å². The molecular formula is C53H65N9O7. The first-order valence-corrected chi connectivity index (χ1v) is 24.9. The topological polar surface area (TPSA) is 188 Å². The predicted molar refractivity (Wildman–Crippen MR) is 264 cm³/mol. The third-order valence-corrected chi connectivity index (χ3v) is 14.1. The van der Waals surface area contributed by atoms with Crippen LogP contribution >= 0.6 is 0 Å². The molecule has 8 rings (SSSR count). The summed E-state index contributed by atoms with van der Waals surface area (Å²) >= 11 is 0. The van der Waals surface area contributed by atoms with Crippen LogP contribution < -0.4 is 31.1 Å². The highest BCUT2D eigenvalue weighted by atomic mass is 16.5. The Morgan fingerprint density at radius 1 is 0.899 bits per heavy atom. The fourth-order valence-corrected chi connectivity index (χ4v) is 10.2. The van der Waals surface area contributed by atoms with Crippen molar-refractivity contribution in [3.8, 4) is 17.6 Å². The molecule has 0 spiro atoms. The average molecular weight is 940 g/mol. The van der Waals surface area contributed by atoms with E-state index in [0.29, 0.717) is 73.1 Å². The minimum Gasteiger partial charge on any atom is -0.494 e. The summed E-state index contributed by atoms with van der Waals surface area (Å²) in [5.74, 6) is 6.79. The zero-order chi connectivity index (χ0) is 48.4. The Labute approximate surface area is 403 Å². The summed E-state index contributed by atoms with van der Waals surface area (Å²) in [5.41, 5.74) is 5.14. The van der Waals surface area contributed by atoms with Crippen molar-refractivity contribution in [3.63, 3.8) is 0 Å². The quantitative estimate of drug-likeness (QED) is 0.0572.